The molecule has 3 aromatic carbocycles. The molecule has 2 heterocycles. The van der Waals surface area contributed by atoms with Crippen molar-refractivity contribution in [3.8, 4) is 16.9 Å². The van der Waals surface area contributed by atoms with Crippen molar-refractivity contribution in [1.82, 2.24) is 14.5 Å². The van der Waals surface area contributed by atoms with E-state index in [1.807, 2.05) is 0 Å². The predicted molar refractivity (Wildman–Crippen MR) is 141 cm³/mol. The van der Waals surface area contributed by atoms with Gasteiger partial charge in [0.05, 0.1) is 22.3 Å². The highest BCUT2D eigenvalue weighted by atomic mass is 19.4. The molecule has 0 saturated heterocycles. The summed E-state index contributed by atoms with van der Waals surface area (Å²) in [4.78, 5) is 22.9. The Hall–Kier alpha value is -4.51. The van der Waals surface area contributed by atoms with E-state index in [1.54, 1.807) is 72.9 Å². The third-order valence-electron chi connectivity index (χ3n) is 6.78. The highest BCUT2D eigenvalue weighted by molar-refractivity contribution is 5.83. The zero-order valence-electron chi connectivity index (χ0n) is 21.3. The molecule has 210 valence electrons. The third kappa shape index (κ3) is 4.97. The van der Waals surface area contributed by atoms with E-state index in [9.17, 15) is 36.2 Å². The predicted octanol–water partition coefficient (Wildman–Crippen LogP) is 6.66. The van der Waals surface area contributed by atoms with Gasteiger partial charge in [-0.2, -0.15) is 26.3 Å². The van der Waals surface area contributed by atoms with Crippen LogP contribution in [0.5, 0.6) is 0 Å². The number of aryl methyl sites for hydroxylation is 1. The summed E-state index contributed by atoms with van der Waals surface area (Å²) in [5.74, 6) is 0.219. The molecule has 2 aromatic heterocycles. The van der Waals surface area contributed by atoms with Gasteiger partial charge in [0, 0.05) is 23.7 Å². The maximum Gasteiger partial charge on any atom is 0.430 e. The van der Waals surface area contributed by atoms with Crippen molar-refractivity contribution < 1.29 is 31.4 Å². The van der Waals surface area contributed by atoms with Crippen LogP contribution in [0.2, 0.25) is 0 Å². The Morgan fingerprint density at radius 1 is 0.829 bits per heavy atom. The van der Waals surface area contributed by atoms with E-state index in [1.165, 1.54) is 11.5 Å². The van der Waals surface area contributed by atoms with Crippen LogP contribution in [0, 0.1) is 6.92 Å². The molecule has 1 N–H and O–H groups in total. The summed E-state index contributed by atoms with van der Waals surface area (Å²) in [7, 11) is 0. The van der Waals surface area contributed by atoms with E-state index < -0.39 is 29.1 Å². The number of alkyl halides is 6. The molecule has 0 atom stereocenters. The molecule has 0 aliphatic heterocycles. The fourth-order valence-electron chi connectivity index (χ4n) is 4.69. The molecular formula is C30H21F6N3O2. The lowest BCUT2D eigenvalue weighted by Crippen LogP contribution is -2.54. The summed E-state index contributed by atoms with van der Waals surface area (Å²) in [5.41, 5.74) is -4.83. The Morgan fingerprint density at radius 2 is 1.51 bits per heavy atom. The Balaban J connectivity index is 1.74. The third-order valence-corrected chi connectivity index (χ3v) is 6.78. The number of nitrogens with zero attached hydrogens (tertiary/aromatic N) is 3. The van der Waals surface area contributed by atoms with Gasteiger partial charge in [0.15, 0.2) is 0 Å². The monoisotopic (exact) mass is 569 g/mol. The lowest BCUT2D eigenvalue weighted by atomic mass is 9.90. The molecule has 5 nitrogen and oxygen atoms in total. The van der Waals surface area contributed by atoms with E-state index in [0.29, 0.717) is 28.9 Å². The first kappa shape index (κ1) is 28.0. The van der Waals surface area contributed by atoms with Crippen molar-refractivity contribution in [2.24, 2.45) is 0 Å². The number of pyridine rings is 1. The first-order chi connectivity index (χ1) is 19.3. The summed E-state index contributed by atoms with van der Waals surface area (Å²) in [6.45, 7) is 1.26. The summed E-state index contributed by atoms with van der Waals surface area (Å²) >= 11 is 0. The molecule has 0 saturated carbocycles. The number of rotatable bonds is 5. The molecule has 0 fully saturated rings. The van der Waals surface area contributed by atoms with Gasteiger partial charge in [-0.05, 0) is 48.4 Å². The number of aliphatic hydroxyl groups is 1. The summed E-state index contributed by atoms with van der Waals surface area (Å²) in [5, 5.41) is 10.1. The normalized spacial score (nSPS) is 12.6. The number of benzene rings is 3. The van der Waals surface area contributed by atoms with Crippen molar-refractivity contribution in [2.45, 2.75) is 31.3 Å². The molecule has 0 aliphatic rings. The van der Waals surface area contributed by atoms with Crippen molar-refractivity contribution in [2.75, 3.05) is 0 Å². The van der Waals surface area contributed by atoms with Gasteiger partial charge in [-0.1, -0.05) is 54.6 Å². The van der Waals surface area contributed by atoms with Crippen LogP contribution in [0.4, 0.5) is 26.3 Å². The van der Waals surface area contributed by atoms with E-state index >= 15 is 0 Å². The molecule has 41 heavy (non-hydrogen) atoms. The molecule has 5 rings (SSSR count). The molecule has 0 aliphatic carbocycles. The smallest absolute Gasteiger partial charge is 0.369 e. The molecule has 0 unspecified atom stereocenters. The van der Waals surface area contributed by atoms with Gasteiger partial charge in [-0.25, -0.2) is 4.98 Å². The minimum absolute atomic E-state index is 0.0222. The number of fused-ring (bicyclic) bond motifs is 1. The summed E-state index contributed by atoms with van der Waals surface area (Å²) < 4.78 is 82.3. The largest absolute Gasteiger partial charge is 0.430 e. The van der Waals surface area contributed by atoms with Crippen LogP contribution in [0.25, 0.3) is 27.8 Å². The molecule has 0 spiro atoms. The quantitative estimate of drug-likeness (QED) is 0.241. The van der Waals surface area contributed by atoms with Gasteiger partial charge in [0.1, 0.15) is 5.82 Å². The van der Waals surface area contributed by atoms with Gasteiger partial charge >= 0.3 is 12.4 Å². The summed E-state index contributed by atoms with van der Waals surface area (Å²) in [6, 6.07) is 21.3. The molecular weight excluding hydrogens is 548 g/mol. The van der Waals surface area contributed by atoms with Crippen molar-refractivity contribution in [3.05, 3.63) is 124 Å². The second-order valence-electron chi connectivity index (χ2n) is 9.49. The zero-order valence-corrected chi connectivity index (χ0v) is 21.3. The topological polar surface area (TPSA) is 68.0 Å². The second kappa shape index (κ2) is 10.2. The van der Waals surface area contributed by atoms with Gasteiger partial charge in [0.25, 0.3) is 11.2 Å². The summed E-state index contributed by atoms with van der Waals surface area (Å²) in [6.07, 6.45) is -10.3. The van der Waals surface area contributed by atoms with Crippen molar-refractivity contribution in [3.63, 3.8) is 0 Å². The fraction of sp³-hybridized carbons (Fsp3) is 0.167. The van der Waals surface area contributed by atoms with Crippen LogP contribution in [-0.2, 0) is 12.0 Å². The van der Waals surface area contributed by atoms with Crippen LogP contribution < -0.4 is 5.56 Å². The maximum atomic E-state index is 14.0. The molecule has 0 bridgehead atoms. The number of halogens is 6. The average Bonchev–Trinajstić information content (AvgIpc) is 2.93. The van der Waals surface area contributed by atoms with Crippen molar-refractivity contribution in [1.29, 1.82) is 0 Å². The first-order valence-corrected chi connectivity index (χ1v) is 12.3. The number of aromatic nitrogens is 3. The van der Waals surface area contributed by atoms with Crippen LogP contribution in [0.1, 0.15) is 22.5 Å². The van der Waals surface area contributed by atoms with Crippen LogP contribution >= 0.6 is 0 Å². The lowest BCUT2D eigenvalue weighted by molar-refractivity contribution is -0.376. The molecule has 0 amide bonds. The van der Waals surface area contributed by atoms with Crippen LogP contribution in [0.15, 0.2) is 95.9 Å². The van der Waals surface area contributed by atoms with Crippen LogP contribution in [-0.4, -0.2) is 32.0 Å². The standard InChI is InChI=1S/C30H21F6N3O2/c1-18-15-21(28(41,29(31,32)33)30(34,35)36)11-13-25(18)39-26(16-19-7-3-2-4-8-19)38-24-12-10-20(17-22(24)27(39)40)23-9-5-6-14-37-23/h2-15,17,41H,16H2,1H3. The Morgan fingerprint density at radius 3 is 2.12 bits per heavy atom. The average molecular weight is 570 g/mol. The zero-order chi connectivity index (χ0) is 29.6. The number of hydrogen-bond acceptors (Lipinski definition) is 4. The maximum absolute atomic E-state index is 14.0. The van der Waals surface area contributed by atoms with Gasteiger partial charge in [-0.15, -0.1) is 0 Å². The Labute approximate surface area is 229 Å². The van der Waals surface area contributed by atoms with E-state index in [4.69, 9.17) is 0 Å². The highest BCUT2D eigenvalue weighted by Gasteiger charge is 2.71. The Bertz CT molecular complexity index is 1770. The SMILES string of the molecule is Cc1cc(C(O)(C(F)(F)F)C(F)(F)F)ccc1-n1c(Cc2ccccc2)nc2ccc(-c3ccccn3)cc2c1=O. The highest BCUT2D eigenvalue weighted by Crippen LogP contribution is 2.50. The minimum atomic E-state index is -6.04. The number of hydrogen-bond donors (Lipinski definition) is 1. The van der Waals surface area contributed by atoms with E-state index in [2.05, 4.69) is 9.97 Å². The van der Waals surface area contributed by atoms with E-state index in [-0.39, 0.29) is 28.9 Å². The molecule has 11 heteroatoms. The Kier molecular flexibility index (Phi) is 6.94. The lowest BCUT2D eigenvalue weighted by Gasteiger charge is -2.33. The first-order valence-electron chi connectivity index (χ1n) is 12.3. The van der Waals surface area contributed by atoms with E-state index in [0.717, 1.165) is 11.6 Å². The molecule has 5 aromatic rings. The van der Waals surface area contributed by atoms with Gasteiger partial charge in [-0.3, -0.25) is 14.3 Å². The van der Waals surface area contributed by atoms with Crippen molar-refractivity contribution >= 4 is 10.9 Å². The van der Waals surface area contributed by atoms with Gasteiger partial charge < -0.3 is 5.11 Å². The second-order valence-corrected chi connectivity index (χ2v) is 9.49. The minimum Gasteiger partial charge on any atom is -0.369 e. The van der Waals surface area contributed by atoms with Crippen LogP contribution in [0.3, 0.4) is 0 Å². The molecule has 0 radical (unpaired) electrons. The van der Waals surface area contributed by atoms with Gasteiger partial charge in [0.2, 0.25) is 0 Å². The fourth-order valence-corrected chi connectivity index (χ4v) is 4.69.